The summed E-state index contributed by atoms with van der Waals surface area (Å²) in [7, 11) is 0. The van der Waals surface area contributed by atoms with Crippen molar-refractivity contribution in [3.63, 3.8) is 0 Å². The first-order valence-corrected chi connectivity index (χ1v) is 4.21. The summed E-state index contributed by atoms with van der Waals surface area (Å²) in [6.45, 7) is 0.0537. The van der Waals surface area contributed by atoms with E-state index in [0.29, 0.717) is 0 Å². The minimum atomic E-state index is -4.12. The molecule has 1 atom stereocenters. The molecule has 0 aromatic rings. The van der Waals surface area contributed by atoms with Gasteiger partial charge in [0.05, 0.1) is 11.6 Å². The Hall–Kier alpha value is -0.430. The smallest absolute Gasteiger partial charge is 0.330 e. The topological polar surface area (TPSA) is 35.2 Å². The average Bonchev–Trinajstić information content (AvgIpc) is 2.03. The molecule has 0 spiro atoms. The Morgan fingerprint density at radius 2 is 2.00 bits per heavy atom. The molecule has 0 fully saturated rings. The Morgan fingerprint density at radius 3 is 2.36 bits per heavy atom. The Kier molecular flexibility index (Phi) is 5.28. The van der Waals surface area contributed by atoms with Gasteiger partial charge in [0.15, 0.2) is 0 Å². The van der Waals surface area contributed by atoms with Gasteiger partial charge in [-0.05, 0) is 0 Å². The molecule has 84 valence electrons. The van der Waals surface area contributed by atoms with E-state index in [0.717, 1.165) is 0 Å². The number of halogens is 4. The summed E-state index contributed by atoms with van der Waals surface area (Å²) in [4.78, 5) is 0.102. The highest BCUT2D eigenvalue weighted by molar-refractivity contribution is 7.80. The van der Waals surface area contributed by atoms with Gasteiger partial charge in [0.1, 0.15) is 6.61 Å². The van der Waals surface area contributed by atoms with Crippen molar-refractivity contribution in [2.24, 2.45) is 11.7 Å². The molecule has 0 bridgehead atoms. The van der Waals surface area contributed by atoms with Crippen LogP contribution >= 0.6 is 12.2 Å². The van der Waals surface area contributed by atoms with Crippen molar-refractivity contribution in [3.05, 3.63) is 0 Å². The van der Waals surface area contributed by atoms with E-state index in [1.807, 2.05) is 0 Å². The number of nitrogens with two attached hydrogens (primary N) is 1. The van der Waals surface area contributed by atoms with Crippen LogP contribution < -0.4 is 5.73 Å². The Labute approximate surface area is 84.4 Å². The Morgan fingerprint density at radius 1 is 1.50 bits per heavy atom. The molecule has 0 saturated heterocycles. The number of thiocarbonyl (C=S) groups is 1. The average molecular weight is 233 g/mol. The lowest BCUT2D eigenvalue weighted by atomic mass is 10.2. The number of rotatable bonds is 6. The first-order chi connectivity index (χ1) is 6.27. The maximum absolute atomic E-state index is 12.3. The third-order valence-electron chi connectivity index (χ3n) is 1.47. The maximum atomic E-state index is 12.3. The normalized spacial score (nSPS) is 14.4. The lowest BCUT2D eigenvalue weighted by molar-refractivity contribution is -0.166. The molecule has 0 aliphatic heterocycles. The van der Waals surface area contributed by atoms with Gasteiger partial charge in [-0.15, -0.1) is 0 Å². The first-order valence-electron chi connectivity index (χ1n) is 3.80. The molecule has 0 aliphatic rings. The van der Waals surface area contributed by atoms with Crippen molar-refractivity contribution in [2.75, 3.05) is 13.2 Å². The number of ether oxygens (including phenoxy) is 1. The van der Waals surface area contributed by atoms with Gasteiger partial charge in [-0.1, -0.05) is 19.1 Å². The second-order valence-electron chi connectivity index (χ2n) is 2.88. The molecule has 0 saturated carbocycles. The van der Waals surface area contributed by atoms with Gasteiger partial charge in [0.25, 0.3) is 0 Å². The first kappa shape index (κ1) is 13.6. The van der Waals surface area contributed by atoms with Gasteiger partial charge >= 0.3 is 12.3 Å². The fraction of sp³-hybridized carbons (Fsp3) is 0.857. The molecule has 0 aliphatic carbocycles. The maximum Gasteiger partial charge on any atom is 0.330 e. The van der Waals surface area contributed by atoms with Crippen LogP contribution in [0.2, 0.25) is 0 Å². The predicted octanol–water partition coefficient (Wildman–Crippen LogP) is 1.83. The standard InChI is InChI=1S/C7H11F4NOS/c1-4(5(12)14)2-13-3-7(10,11)6(8)9/h4,6H,2-3H2,1H3,(H2,12,14). The quantitative estimate of drug-likeness (QED) is 0.561. The molecule has 0 heterocycles. The molecule has 7 heteroatoms. The van der Waals surface area contributed by atoms with Crippen LogP contribution in [0.5, 0.6) is 0 Å². The second kappa shape index (κ2) is 5.45. The number of hydrogen-bond acceptors (Lipinski definition) is 2. The molecule has 0 rings (SSSR count). The van der Waals surface area contributed by atoms with Gasteiger partial charge in [-0.25, -0.2) is 8.78 Å². The van der Waals surface area contributed by atoms with Crippen LogP contribution in [0.1, 0.15) is 6.92 Å². The lowest BCUT2D eigenvalue weighted by Gasteiger charge is -2.16. The Bertz CT molecular complexity index is 200. The van der Waals surface area contributed by atoms with Gasteiger partial charge in [0.2, 0.25) is 0 Å². The van der Waals surface area contributed by atoms with Crippen molar-refractivity contribution in [1.82, 2.24) is 0 Å². The van der Waals surface area contributed by atoms with E-state index in [1.165, 1.54) is 0 Å². The van der Waals surface area contributed by atoms with Crippen LogP contribution in [0, 0.1) is 5.92 Å². The molecule has 2 nitrogen and oxygen atoms in total. The van der Waals surface area contributed by atoms with Crippen LogP contribution in [0.3, 0.4) is 0 Å². The van der Waals surface area contributed by atoms with E-state index in [9.17, 15) is 17.6 Å². The summed E-state index contributed by atoms with van der Waals surface area (Å²) < 4.78 is 52.1. The van der Waals surface area contributed by atoms with Gasteiger partial charge < -0.3 is 10.5 Å². The van der Waals surface area contributed by atoms with E-state index in [2.05, 4.69) is 17.0 Å². The zero-order valence-corrected chi connectivity index (χ0v) is 8.29. The zero-order chi connectivity index (χ0) is 11.4. The summed E-state index contributed by atoms with van der Waals surface area (Å²) in [5.41, 5.74) is 5.16. The third kappa shape index (κ3) is 4.71. The van der Waals surface area contributed by atoms with Crippen LogP contribution in [0.25, 0.3) is 0 Å². The highest BCUT2D eigenvalue weighted by Gasteiger charge is 2.41. The van der Waals surface area contributed by atoms with E-state index in [1.54, 1.807) is 6.92 Å². The largest absolute Gasteiger partial charge is 0.393 e. The molecule has 0 aromatic carbocycles. The van der Waals surface area contributed by atoms with Crippen molar-refractivity contribution < 1.29 is 22.3 Å². The third-order valence-corrected chi connectivity index (χ3v) is 1.87. The zero-order valence-electron chi connectivity index (χ0n) is 7.47. The van der Waals surface area contributed by atoms with Gasteiger partial charge in [0, 0.05) is 5.92 Å². The molecular weight excluding hydrogens is 222 g/mol. The molecular formula is C7H11F4NOS. The number of alkyl halides is 4. The van der Waals surface area contributed by atoms with Crippen LogP contribution in [-0.4, -0.2) is 30.6 Å². The summed E-state index contributed by atoms with van der Waals surface area (Å²) in [6, 6.07) is 0. The van der Waals surface area contributed by atoms with Crippen molar-refractivity contribution in [2.45, 2.75) is 19.3 Å². The van der Waals surface area contributed by atoms with Gasteiger partial charge in [-0.3, -0.25) is 0 Å². The molecule has 1 unspecified atom stereocenters. The molecule has 14 heavy (non-hydrogen) atoms. The predicted molar refractivity (Wildman–Crippen MR) is 47.7 cm³/mol. The molecule has 0 aromatic heterocycles. The fourth-order valence-corrected chi connectivity index (χ4v) is 0.585. The van der Waals surface area contributed by atoms with Crippen LogP contribution in [0.4, 0.5) is 17.6 Å². The number of hydrogen-bond donors (Lipinski definition) is 1. The SMILES string of the molecule is CC(COCC(F)(F)C(F)F)C(N)=S. The van der Waals surface area contributed by atoms with Gasteiger partial charge in [-0.2, -0.15) is 8.78 Å². The van der Waals surface area contributed by atoms with Crippen molar-refractivity contribution in [1.29, 1.82) is 0 Å². The molecule has 0 radical (unpaired) electrons. The summed E-state index contributed by atoms with van der Waals surface area (Å²) in [5.74, 6) is -4.52. The van der Waals surface area contributed by atoms with E-state index < -0.39 is 24.9 Å². The van der Waals surface area contributed by atoms with E-state index in [4.69, 9.17) is 5.73 Å². The Balaban J connectivity index is 3.79. The summed E-state index contributed by atoms with van der Waals surface area (Å²) in [6.07, 6.45) is -3.72. The monoisotopic (exact) mass is 233 g/mol. The van der Waals surface area contributed by atoms with E-state index >= 15 is 0 Å². The van der Waals surface area contributed by atoms with E-state index in [-0.39, 0.29) is 11.6 Å². The fourth-order valence-electron chi connectivity index (χ4n) is 0.517. The van der Waals surface area contributed by atoms with Crippen LogP contribution in [-0.2, 0) is 4.74 Å². The minimum Gasteiger partial charge on any atom is -0.393 e. The van der Waals surface area contributed by atoms with Crippen molar-refractivity contribution in [3.8, 4) is 0 Å². The molecule has 2 N–H and O–H groups in total. The summed E-state index contributed by atoms with van der Waals surface area (Å²) in [5, 5.41) is 0. The van der Waals surface area contributed by atoms with Crippen molar-refractivity contribution >= 4 is 17.2 Å². The lowest BCUT2D eigenvalue weighted by Crippen LogP contribution is -2.34. The minimum absolute atomic E-state index is 0.102. The highest BCUT2D eigenvalue weighted by atomic mass is 32.1. The second-order valence-corrected chi connectivity index (χ2v) is 3.35. The van der Waals surface area contributed by atoms with Crippen LogP contribution in [0.15, 0.2) is 0 Å². The molecule has 0 amide bonds. The summed E-state index contributed by atoms with van der Waals surface area (Å²) >= 11 is 4.54. The highest BCUT2D eigenvalue weighted by Crippen LogP contribution is 2.22.